The Balaban J connectivity index is 2.28. The number of methoxy groups -OCH3 is 1. The number of carbonyl (C=O) groups is 1. The van der Waals surface area contributed by atoms with E-state index in [1.807, 2.05) is 31.2 Å². The predicted octanol–water partition coefficient (Wildman–Crippen LogP) is 2.84. The number of anilines is 2. The molecule has 0 saturated heterocycles. The molecule has 0 bridgehead atoms. The van der Waals surface area contributed by atoms with Crippen LogP contribution in [-0.4, -0.2) is 13.0 Å². The van der Waals surface area contributed by atoms with Gasteiger partial charge in [0.15, 0.2) is 0 Å². The fourth-order valence-corrected chi connectivity index (χ4v) is 1.82. The average molecular weight is 256 g/mol. The molecular formula is C15H16N2O2. The van der Waals surface area contributed by atoms with E-state index >= 15 is 0 Å². The molecule has 2 rings (SSSR count). The summed E-state index contributed by atoms with van der Waals surface area (Å²) in [6.07, 6.45) is 0. The van der Waals surface area contributed by atoms with Gasteiger partial charge in [-0.05, 0) is 30.7 Å². The molecule has 0 saturated carbocycles. The van der Waals surface area contributed by atoms with E-state index in [1.165, 1.54) is 7.11 Å². The van der Waals surface area contributed by atoms with E-state index in [2.05, 4.69) is 5.32 Å². The van der Waals surface area contributed by atoms with Gasteiger partial charge in [0.05, 0.1) is 18.4 Å². The maximum absolute atomic E-state index is 12.2. The van der Waals surface area contributed by atoms with Crippen molar-refractivity contribution in [3.63, 3.8) is 0 Å². The lowest BCUT2D eigenvalue weighted by atomic mass is 10.1. The van der Waals surface area contributed by atoms with Gasteiger partial charge in [0.25, 0.3) is 5.91 Å². The second-order valence-corrected chi connectivity index (χ2v) is 4.19. The quantitative estimate of drug-likeness (QED) is 0.830. The van der Waals surface area contributed by atoms with Crippen molar-refractivity contribution in [3.8, 4) is 5.75 Å². The molecule has 2 aromatic rings. The van der Waals surface area contributed by atoms with Crippen molar-refractivity contribution in [3.05, 3.63) is 53.6 Å². The van der Waals surface area contributed by atoms with Gasteiger partial charge in [-0.2, -0.15) is 0 Å². The number of ether oxygens (including phenoxy) is 1. The minimum Gasteiger partial charge on any atom is -0.495 e. The maximum Gasteiger partial charge on any atom is 0.257 e. The molecule has 98 valence electrons. The van der Waals surface area contributed by atoms with E-state index < -0.39 is 0 Å². The van der Waals surface area contributed by atoms with Crippen LogP contribution in [0.1, 0.15) is 15.9 Å². The minimum absolute atomic E-state index is 0.245. The summed E-state index contributed by atoms with van der Waals surface area (Å²) in [6.45, 7) is 1.94. The van der Waals surface area contributed by atoms with Crippen molar-refractivity contribution in [1.29, 1.82) is 0 Å². The normalized spacial score (nSPS) is 10.0. The molecule has 1 amide bonds. The van der Waals surface area contributed by atoms with Crippen LogP contribution < -0.4 is 15.8 Å². The number of rotatable bonds is 3. The number of hydrogen-bond acceptors (Lipinski definition) is 3. The van der Waals surface area contributed by atoms with Crippen molar-refractivity contribution in [1.82, 2.24) is 0 Å². The van der Waals surface area contributed by atoms with Gasteiger partial charge in [-0.15, -0.1) is 0 Å². The van der Waals surface area contributed by atoms with Crippen LogP contribution in [0.4, 0.5) is 11.4 Å². The fourth-order valence-electron chi connectivity index (χ4n) is 1.82. The predicted molar refractivity (Wildman–Crippen MR) is 76.5 cm³/mol. The summed E-state index contributed by atoms with van der Waals surface area (Å²) in [7, 11) is 1.52. The molecule has 0 heterocycles. The van der Waals surface area contributed by atoms with Crippen LogP contribution in [0.2, 0.25) is 0 Å². The van der Waals surface area contributed by atoms with E-state index in [1.54, 1.807) is 18.2 Å². The van der Waals surface area contributed by atoms with Crippen LogP contribution in [0.5, 0.6) is 5.75 Å². The fraction of sp³-hybridized carbons (Fsp3) is 0.133. The van der Waals surface area contributed by atoms with Crippen molar-refractivity contribution < 1.29 is 9.53 Å². The Morgan fingerprint density at radius 3 is 2.58 bits per heavy atom. The van der Waals surface area contributed by atoms with Gasteiger partial charge in [-0.3, -0.25) is 4.79 Å². The van der Waals surface area contributed by atoms with Crippen LogP contribution >= 0.6 is 0 Å². The molecule has 0 spiro atoms. The van der Waals surface area contributed by atoms with E-state index in [-0.39, 0.29) is 5.91 Å². The van der Waals surface area contributed by atoms with Crippen LogP contribution in [0.25, 0.3) is 0 Å². The lowest BCUT2D eigenvalue weighted by Crippen LogP contribution is -2.15. The van der Waals surface area contributed by atoms with Crippen molar-refractivity contribution >= 4 is 17.3 Å². The smallest absolute Gasteiger partial charge is 0.257 e. The lowest BCUT2D eigenvalue weighted by molar-refractivity contribution is 0.102. The molecule has 0 radical (unpaired) electrons. The van der Waals surface area contributed by atoms with Gasteiger partial charge in [0.2, 0.25) is 0 Å². The number of carbonyl (C=O) groups excluding carboxylic acids is 1. The molecule has 0 aliphatic heterocycles. The topological polar surface area (TPSA) is 64.3 Å². The van der Waals surface area contributed by atoms with Crippen LogP contribution in [0, 0.1) is 6.92 Å². The van der Waals surface area contributed by atoms with Gasteiger partial charge in [-0.1, -0.05) is 24.3 Å². The Labute approximate surface area is 112 Å². The molecule has 0 aliphatic carbocycles. The molecule has 4 nitrogen and oxygen atoms in total. The summed E-state index contributed by atoms with van der Waals surface area (Å²) in [6, 6.07) is 12.7. The second-order valence-electron chi connectivity index (χ2n) is 4.19. The molecule has 0 unspecified atom stereocenters. The highest BCUT2D eigenvalue weighted by Gasteiger charge is 2.13. The molecular weight excluding hydrogens is 240 g/mol. The van der Waals surface area contributed by atoms with Gasteiger partial charge < -0.3 is 15.8 Å². The zero-order valence-corrected chi connectivity index (χ0v) is 10.9. The average Bonchev–Trinajstić information content (AvgIpc) is 2.41. The Bertz CT molecular complexity index is 609. The highest BCUT2D eigenvalue weighted by molar-refractivity contribution is 6.08. The van der Waals surface area contributed by atoms with E-state index in [0.29, 0.717) is 17.0 Å². The zero-order valence-electron chi connectivity index (χ0n) is 10.9. The number of hydrogen-bond donors (Lipinski definition) is 2. The molecule has 4 heteroatoms. The van der Waals surface area contributed by atoms with Crippen LogP contribution in [0.15, 0.2) is 42.5 Å². The first-order valence-corrected chi connectivity index (χ1v) is 5.93. The summed E-state index contributed by atoms with van der Waals surface area (Å²) < 4.78 is 5.10. The first-order chi connectivity index (χ1) is 9.13. The summed E-state index contributed by atoms with van der Waals surface area (Å²) in [5.41, 5.74) is 8.42. The first kappa shape index (κ1) is 13.0. The minimum atomic E-state index is -0.245. The zero-order chi connectivity index (χ0) is 13.8. The monoisotopic (exact) mass is 256 g/mol. The number of benzene rings is 2. The number of nitrogens with two attached hydrogens (primary N) is 1. The largest absolute Gasteiger partial charge is 0.495 e. The Hall–Kier alpha value is -2.49. The molecule has 3 N–H and O–H groups in total. The number of nitrogen functional groups attached to an aromatic ring is 1. The second kappa shape index (κ2) is 5.44. The van der Waals surface area contributed by atoms with E-state index in [0.717, 1.165) is 11.3 Å². The van der Waals surface area contributed by atoms with E-state index in [4.69, 9.17) is 10.5 Å². The lowest BCUT2D eigenvalue weighted by Gasteiger charge is -2.11. The Morgan fingerprint density at radius 2 is 1.89 bits per heavy atom. The third-order valence-electron chi connectivity index (χ3n) is 2.92. The maximum atomic E-state index is 12.2. The molecule has 19 heavy (non-hydrogen) atoms. The summed E-state index contributed by atoms with van der Waals surface area (Å²) >= 11 is 0. The van der Waals surface area contributed by atoms with Crippen LogP contribution in [-0.2, 0) is 0 Å². The summed E-state index contributed by atoms with van der Waals surface area (Å²) in [5.74, 6) is 0.253. The third kappa shape index (κ3) is 2.68. The Kier molecular flexibility index (Phi) is 3.71. The first-order valence-electron chi connectivity index (χ1n) is 5.93. The van der Waals surface area contributed by atoms with Gasteiger partial charge in [-0.25, -0.2) is 0 Å². The number of nitrogens with one attached hydrogen (secondary N) is 1. The van der Waals surface area contributed by atoms with Gasteiger partial charge in [0.1, 0.15) is 5.75 Å². The molecule has 0 atom stereocenters. The van der Waals surface area contributed by atoms with Crippen molar-refractivity contribution in [2.45, 2.75) is 6.92 Å². The highest BCUT2D eigenvalue weighted by atomic mass is 16.5. The van der Waals surface area contributed by atoms with Crippen LogP contribution in [0.3, 0.4) is 0 Å². The van der Waals surface area contributed by atoms with Crippen molar-refractivity contribution in [2.24, 2.45) is 0 Å². The summed E-state index contributed by atoms with van der Waals surface area (Å²) in [5, 5.41) is 2.84. The molecule has 0 aliphatic rings. The number of para-hydroxylation sites is 2. The third-order valence-corrected chi connectivity index (χ3v) is 2.92. The van der Waals surface area contributed by atoms with Gasteiger partial charge in [0, 0.05) is 5.69 Å². The molecule has 0 fully saturated rings. The highest BCUT2D eigenvalue weighted by Crippen LogP contribution is 2.25. The standard InChI is InChI=1S/C15H16N2O2/c1-10-6-3-4-8-12(10)17-15(18)11-7-5-9-13(19-2)14(11)16/h3-9H,16H2,1-2H3,(H,17,18). The summed E-state index contributed by atoms with van der Waals surface area (Å²) in [4.78, 5) is 12.2. The van der Waals surface area contributed by atoms with Crippen molar-refractivity contribution in [2.75, 3.05) is 18.2 Å². The van der Waals surface area contributed by atoms with E-state index in [9.17, 15) is 4.79 Å². The number of aryl methyl sites for hydroxylation is 1. The number of amides is 1. The molecule has 2 aromatic carbocycles. The molecule has 0 aromatic heterocycles. The SMILES string of the molecule is COc1cccc(C(=O)Nc2ccccc2C)c1N. The Morgan fingerprint density at radius 1 is 1.16 bits per heavy atom. The van der Waals surface area contributed by atoms with Gasteiger partial charge >= 0.3 is 0 Å².